The lowest BCUT2D eigenvalue weighted by Gasteiger charge is -2.15. The summed E-state index contributed by atoms with van der Waals surface area (Å²) in [5.41, 5.74) is 1.01. The van der Waals surface area contributed by atoms with E-state index in [1.165, 1.54) is 0 Å². The lowest BCUT2D eigenvalue weighted by Crippen LogP contribution is -2.15. The van der Waals surface area contributed by atoms with Crippen LogP contribution in [0.5, 0.6) is 0 Å². The number of nitrogens with zero attached hydrogens (tertiary/aromatic N) is 1. The highest BCUT2D eigenvalue weighted by atomic mass is 16.1. The minimum atomic E-state index is -0.101. The molecule has 0 saturated carbocycles. The summed E-state index contributed by atoms with van der Waals surface area (Å²) in [6.07, 6.45) is 7.85. The van der Waals surface area contributed by atoms with E-state index < -0.39 is 0 Å². The van der Waals surface area contributed by atoms with Crippen molar-refractivity contribution in [1.29, 1.82) is 0 Å². The lowest BCUT2D eigenvalue weighted by atomic mass is 10.2. The molecule has 0 amide bonds. The van der Waals surface area contributed by atoms with Crippen molar-refractivity contribution in [2.45, 2.75) is 0 Å². The fraction of sp³-hybridized carbons (Fsp3) is 0.111. The Bertz CT molecular complexity index is 336. The van der Waals surface area contributed by atoms with Crippen molar-refractivity contribution in [2.75, 3.05) is 6.54 Å². The molecule has 0 aliphatic carbocycles. The van der Waals surface area contributed by atoms with Crippen molar-refractivity contribution in [1.82, 2.24) is 4.90 Å². The number of hydrogen-bond donors (Lipinski definition) is 0. The summed E-state index contributed by atoms with van der Waals surface area (Å²) in [5, 5.41) is 0. The molecule has 0 bridgehead atoms. The number of ketones is 1. The summed E-state index contributed by atoms with van der Waals surface area (Å²) >= 11 is 0. The Morgan fingerprint density at radius 3 is 3.00 bits per heavy atom. The van der Waals surface area contributed by atoms with Gasteiger partial charge in [0.1, 0.15) is 0 Å². The standard InChI is InChI=1S/C9H7NO2/c11-6-7-8-3-1-2-4-10(8)5-9(7)12/h1-4,6H,5H2. The second-order valence-electron chi connectivity index (χ2n) is 2.67. The maximum absolute atomic E-state index is 11.2. The van der Waals surface area contributed by atoms with Crippen molar-refractivity contribution in [3.63, 3.8) is 0 Å². The van der Waals surface area contributed by atoms with Gasteiger partial charge < -0.3 is 4.90 Å². The molecular formula is C9H7NO2. The van der Waals surface area contributed by atoms with E-state index in [4.69, 9.17) is 0 Å². The molecule has 0 saturated heterocycles. The zero-order valence-electron chi connectivity index (χ0n) is 6.36. The van der Waals surface area contributed by atoms with Gasteiger partial charge in [-0.15, -0.1) is 0 Å². The molecule has 60 valence electrons. The van der Waals surface area contributed by atoms with Crippen molar-refractivity contribution in [3.05, 3.63) is 35.7 Å². The van der Waals surface area contributed by atoms with Crippen LogP contribution in [0.3, 0.4) is 0 Å². The van der Waals surface area contributed by atoms with Crippen LogP contribution in [0.15, 0.2) is 35.7 Å². The fourth-order valence-electron chi connectivity index (χ4n) is 1.37. The summed E-state index contributed by atoms with van der Waals surface area (Å²) in [6, 6.07) is 0. The second-order valence-corrected chi connectivity index (χ2v) is 2.67. The van der Waals surface area contributed by atoms with Crippen molar-refractivity contribution in [2.24, 2.45) is 0 Å². The average molecular weight is 161 g/mol. The van der Waals surface area contributed by atoms with E-state index in [0.717, 1.165) is 5.70 Å². The zero-order valence-corrected chi connectivity index (χ0v) is 6.36. The number of rotatable bonds is 1. The van der Waals surface area contributed by atoms with Crippen LogP contribution in [0.4, 0.5) is 0 Å². The molecule has 12 heavy (non-hydrogen) atoms. The van der Waals surface area contributed by atoms with Gasteiger partial charge in [-0.25, -0.2) is 0 Å². The first-order valence-corrected chi connectivity index (χ1v) is 3.67. The van der Waals surface area contributed by atoms with Crippen LogP contribution in [0, 0.1) is 0 Å². The topological polar surface area (TPSA) is 37.4 Å². The maximum Gasteiger partial charge on any atom is 0.187 e. The molecule has 0 aromatic rings. The van der Waals surface area contributed by atoms with Gasteiger partial charge in [0.15, 0.2) is 12.1 Å². The van der Waals surface area contributed by atoms with E-state index >= 15 is 0 Å². The smallest absolute Gasteiger partial charge is 0.187 e. The molecule has 0 spiro atoms. The Kier molecular flexibility index (Phi) is 1.43. The maximum atomic E-state index is 11.2. The third-order valence-corrected chi connectivity index (χ3v) is 1.95. The molecule has 0 N–H and O–H groups in total. The van der Waals surface area contributed by atoms with E-state index in [-0.39, 0.29) is 11.4 Å². The molecule has 0 fully saturated rings. The highest BCUT2D eigenvalue weighted by Gasteiger charge is 2.26. The number of carbonyl (C=O) groups is 2. The minimum Gasteiger partial charge on any atom is -0.339 e. The molecule has 0 aromatic heterocycles. The summed E-state index contributed by atoms with van der Waals surface area (Å²) in [4.78, 5) is 23.5. The SMILES string of the molecule is O=CC1=C2C=CC=CN2CC1=O. The Balaban J connectivity index is 2.50. The van der Waals surface area contributed by atoms with E-state index in [9.17, 15) is 9.59 Å². The molecule has 0 radical (unpaired) electrons. The van der Waals surface area contributed by atoms with Crippen LogP contribution in [0.2, 0.25) is 0 Å². The highest BCUT2D eigenvalue weighted by molar-refractivity contribution is 6.15. The van der Waals surface area contributed by atoms with Crippen LogP contribution < -0.4 is 0 Å². The van der Waals surface area contributed by atoms with E-state index in [1.807, 2.05) is 12.2 Å². The van der Waals surface area contributed by atoms with Crippen molar-refractivity contribution in [3.8, 4) is 0 Å². The minimum absolute atomic E-state index is 0.101. The second kappa shape index (κ2) is 2.44. The van der Waals surface area contributed by atoms with Gasteiger partial charge in [0.05, 0.1) is 17.8 Å². The predicted molar refractivity (Wildman–Crippen MR) is 43.1 cm³/mol. The lowest BCUT2D eigenvalue weighted by molar-refractivity contribution is -0.116. The van der Waals surface area contributed by atoms with E-state index in [0.29, 0.717) is 12.8 Å². The number of allylic oxidation sites excluding steroid dienone is 3. The van der Waals surface area contributed by atoms with Crippen LogP contribution in [0.25, 0.3) is 0 Å². The zero-order chi connectivity index (χ0) is 8.55. The highest BCUT2D eigenvalue weighted by Crippen LogP contribution is 2.22. The van der Waals surface area contributed by atoms with E-state index in [2.05, 4.69) is 0 Å². The van der Waals surface area contributed by atoms with Gasteiger partial charge in [-0.2, -0.15) is 0 Å². The molecule has 3 nitrogen and oxygen atoms in total. The number of fused-ring (bicyclic) bond motifs is 1. The van der Waals surface area contributed by atoms with E-state index in [1.54, 1.807) is 17.2 Å². The number of Topliss-reactive ketones (excluding diaryl/α,β-unsaturated/α-hetero) is 1. The van der Waals surface area contributed by atoms with Crippen LogP contribution >= 0.6 is 0 Å². The predicted octanol–water partition coefficient (Wildman–Crippen LogP) is 0.408. The van der Waals surface area contributed by atoms with Crippen molar-refractivity contribution >= 4 is 12.1 Å². The largest absolute Gasteiger partial charge is 0.339 e. The first-order valence-electron chi connectivity index (χ1n) is 3.67. The summed E-state index contributed by atoms with van der Waals surface area (Å²) in [5.74, 6) is -0.101. The van der Waals surface area contributed by atoms with Gasteiger partial charge in [0.2, 0.25) is 0 Å². The fourth-order valence-corrected chi connectivity index (χ4v) is 1.37. The molecule has 3 heteroatoms. The normalized spacial score (nSPS) is 20.3. The molecule has 2 heterocycles. The number of hydrogen-bond acceptors (Lipinski definition) is 3. The van der Waals surface area contributed by atoms with Crippen molar-refractivity contribution < 1.29 is 9.59 Å². The summed E-state index contributed by atoms with van der Waals surface area (Å²) in [7, 11) is 0. The average Bonchev–Trinajstić information content (AvgIpc) is 2.40. The van der Waals surface area contributed by atoms with Crippen LogP contribution in [-0.4, -0.2) is 23.5 Å². The first-order chi connectivity index (χ1) is 5.83. The molecule has 2 aliphatic rings. The summed E-state index contributed by atoms with van der Waals surface area (Å²) < 4.78 is 0. The van der Waals surface area contributed by atoms with Gasteiger partial charge >= 0.3 is 0 Å². The quantitative estimate of drug-likeness (QED) is 0.413. The first kappa shape index (κ1) is 7.03. The number of aldehydes is 1. The Morgan fingerprint density at radius 1 is 1.42 bits per heavy atom. The Hall–Kier alpha value is -1.64. The summed E-state index contributed by atoms with van der Waals surface area (Å²) in [6.45, 7) is 0.296. The van der Waals surface area contributed by atoms with Gasteiger partial charge in [-0.3, -0.25) is 9.59 Å². The molecular weight excluding hydrogens is 154 g/mol. The molecule has 0 atom stereocenters. The van der Waals surface area contributed by atoms with Crippen LogP contribution in [0.1, 0.15) is 0 Å². The third-order valence-electron chi connectivity index (χ3n) is 1.95. The van der Waals surface area contributed by atoms with Gasteiger partial charge in [-0.05, 0) is 12.2 Å². The molecule has 2 rings (SSSR count). The van der Waals surface area contributed by atoms with Gasteiger partial charge in [0.25, 0.3) is 0 Å². The molecule has 2 aliphatic heterocycles. The van der Waals surface area contributed by atoms with Crippen LogP contribution in [-0.2, 0) is 9.59 Å². The number of carbonyl (C=O) groups excluding carboxylic acids is 2. The Labute approximate surface area is 69.7 Å². The molecule has 0 unspecified atom stereocenters. The van der Waals surface area contributed by atoms with Gasteiger partial charge in [-0.1, -0.05) is 6.08 Å². The monoisotopic (exact) mass is 161 g/mol. The molecule has 0 aromatic carbocycles. The van der Waals surface area contributed by atoms with Gasteiger partial charge in [0, 0.05) is 6.20 Å². The third kappa shape index (κ3) is 0.830. The Morgan fingerprint density at radius 2 is 2.25 bits per heavy atom.